The molecule has 1 aliphatic rings. The Bertz CT molecular complexity index is 463. The van der Waals surface area contributed by atoms with Crippen molar-refractivity contribution in [1.29, 1.82) is 0 Å². The van der Waals surface area contributed by atoms with Crippen LogP contribution in [0.3, 0.4) is 0 Å². The summed E-state index contributed by atoms with van der Waals surface area (Å²) in [5, 5.41) is 17.9. The second-order valence-electron chi connectivity index (χ2n) is 7.85. The van der Waals surface area contributed by atoms with Gasteiger partial charge in [-0.05, 0) is 18.8 Å². The molecule has 0 saturated carbocycles. The van der Waals surface area contributed by atoms with Crippen molar-refractivity contribution >= 4 is 17.8 Å². The van der Waals surface area contributed by atoms with E-state index in [4.69, 9.17) is 5.11 Å². The van der Waals surface area contributed by atoms with Crippen molar-refractivity contribution in [3.63, 3.8) is 0 Å². The number of nitrogens with zero attached hydrogens (tertiary/aromatic N) is 1. The van der Waals surface area contributed by atoms with Crippen LogP contribution in [0.15, 0.2) is 0 Å². The lowest BCUT2D eigenvalue weighted by molar-refractivity contribution is -0.144. The maximum Gasteiger partial charge on any atom is 0.326 e. The van der Waals surface area contributed by atoms with E-state index in [0.717, 1.165) is 25.2 Å². The molecule has 6 nitrogen and oxygen atoms in total. The number of unbranched alkanes of at least 4 members (excludes halogenated alkanes) is 7. The van der Waals surface area contributed by atoms with E-state index in [-0.39, 0.29) is 24.8 Å². The van der Waals surface area contributed by atoms with Gasteiger partial charge < -0.3 is 15.1 Å². The molecule has 2 unspecified atom stereocenters. The van der Waals surface area contributed by atoms with Gasteiger partial charge in [0.2, 0.25) is 5.91 Å². The Labute approximate surface area is 157 Å². The predicted octanol–water partition coefficient (Wildman–Crippen LogP) is 4.07. The van der Waals surface area contributed by atoms with Gasteiger partial charge in [0.05, 0.1) is 0 Å². The lowest BCUT2D eigenvalue weighted by Gasteiger charge is -2.13. The molecular weight excluding hydrogens is 334 g/mol. The molecule has 26 heavy (non-hydrogen) atoms. The molecule has 2 atom stereocenters. The summed E-state index contributed by atoms with van der Waals surface area (Å²) in [7, 11) is 0. The van der Waals surface area contributed by atoms with E-state index in [2.05, 4.69) is 13.8 Å². The molecule has 1 fully saturated rings. The molecule has 1 heterocycles. The molecule has 6 heteroatoms. The molecule has 0 radical (unpaired) electrons. The van der Waals surface area contributed by atoms with Crippen molar-refractivity contribution in [3.05, 3.63) is 0 Å². The van der Waals surface area contributed by atoms with Gasteiger partial charge in [0, 0.05) is 6.42 Å². The van der Waals surface area contributed by atoms with Crippen LogP contribution in [0, 0.1) is 5.92 Å². The second kappa shape index (κ2) is 11.9. The Morgan fingerprint density at radius 2 is 1.46 bits per heavy atom. The zero-order valence-corrected chi connectivity index (χ0v) is 16.3. The highest BCUT2D eigenvalue weighted by Gasteiger charge is 2.51. The van der Waals surface area contributed by atoms with Crippen LogP contribution in [0.5, 0.6) is 0 Å². The monoisotopic (exact) mass is 369 g/mol. The molecule has 0 spiro atoms. The first-order chi connectivity index (χ1) is 12.3. The SMILES string of the molecule is CC(C)CCCCCCCCCCC1C(=O)N1C(CCC(=O)O)C(=O)O. The number of aliphatic carboxylic acids is 2. The molecule has 2 N–H and O–H groups in total. The van der Waals surface area contributed by atoms with Gasteiger partial charge in [-0.15, -0.1) is 0 Å². The van der Waals surface area contributed by atoms with Crippen molar-refractivity contribution in [1.82, 2.24) is 4.90 Å². The average Bonchev–Trinajstić information content (AvgIpc) is 3.18. The Kier molecular flexibility index (Phi) is 10.3. The topological polar surface area (TPSA) is 94.7 Å². The van der Waals surface area contributed by atoms with E-state index in [1.807, 2.05) is 0 Å². The minimum absolute atomic E-state index is 0.0241. The van der Waals surface area contributed by atoms with E-state index in [1.165, 1.54) is 43.4 Å². The first-order valence-electron chi connectivity index (χ1n) is 10.1. The maximum atomic E-state index is 11.8. The number of amides is 1. The summed E-state index contributed by atoms with van der Waals surface area (Å²) in [6.07, 6.45) is 11.3. The quantitative estimate of drug-likeness (QED) is 0.316. The number of hydrogen-bond acceptors (Lipinski definition) is 3. The van der Waals surface area contributed by atoms with Gasteiger partial charge in [-0.2, -0.15) is 0 Å². The highest BCUT2D eigenvalue weighted by atomic mass is 16.4. The minimum atomic E-state index is -1.11. The lowest BCUT2D eigenvalue weighted by atomic mass is 10.0. The Morgan fingerprint density at radius 3 is 1.96 bits per heavy atom. The Balaban J connectivity index is 2.08. The van der Waals surface area contributed by atoms with E-state index >= 15 is 0 Å². The summed E-state index contributed by atoms with van der Waals surface area (Å²) in [6, 6.07) is -1.31. The van der Waals surface area contributed by atoms with E-state index in [1.54, 1.807) is 0 Å². The third-order valence-corrected chi connectivity index (χ3v) is 5.07. The van der Waals surface area contributed by atoms with Crippen LogP contribution in [0.1, 0.15) is 90.9 Å². The van der Waals surface area contributed by atoms with Crippen molar-refractivity contribution in [2.45, 2.75) is 103 Å². The zero-order valence-electron chi connectivity index (χ0n) is 16.3. The Hall–Kier alpha value is -1.59. The molecular formula is C20H35NO5. The van der Waals surface area contributed by atoms with Gasteiger partial charge in [0.15, 0.2) is 0 Å². The van der Waals surface area contributed by atoms with Gasteiger partial charge in [0.25, 0.3) is 0 Å². The molecule has 0 bridgehead atoms. The Morgan fingerprint density at radius 1 is 0.923 bits per heavy atom. The van der Waals surface area contributed by atoms with Crippen LogP contribution in [0.2, 0.25) is 0 Å². The molecule has 1 aliphatic heterocycles. The van der Waals surface area contributed by atoms with Gasteiger partial charge in [-0.25, -0.2) is 4.79 Å². The van der Waals surface area contributed by atoms with E-state index in [9.17, 15) is 19.5 Å². The average molecular weight is 370 g/mol. The fraction of sp³-hybridized carbons (Fsp3) is 0.850. The van der Waals surface area contributed by atoms with E-state index < -0.39 is 18.0 Å². The highest BCUT2D eigenvalue weighted by molar-refractivity contribution is 6.00. The third kappa shape index (κ3) is 8.68. The first-order valence-corrected chi connectivity index (χ1v) is 10.1. The molecule has 150 valence electrons. The number of carbonyl (C=O) groups is 3. The second-order valence-corrected chi connectivity index (χ2v) is 7.85. The van der Waals surface area contributed by atoms with Crippen molar-refractivity contribution in [2.75, 3.05) is 0 Å². The van der Waals surface area contributed by atoms with Gasteiger partial charge in [0.1, 0.15) is 12.1 Å². The first kappa shape index (κ1) is 22.5. The summed E-state index contributed by atoms with van der Waals surface area (Å²) in [5.74, 6) is -1.50. The van der Waals surface area contributed by atoms with Crippen LogP contribution >= 0.6 is 0 Å². The highest BCUT2D eigenvalue weighted by Crippen LogP contribution is 2.30. The smallest absolute Gasteiger partial charge is 0.326 e. The number of carboxylic acids is 2. The van der Waals surface area contributed by atoms with Crippen LogP contribution < -0.4 is 0 Å². The van der Waals surface area contributed by atoms with Crippen LogP contribution in [-0.4, -0.2) is 45.0 Å². The molecule has 0 aromatic heterocycles. The van der Waals surface area contributed by atoms with Crippen LogP contribution in [0.4, 0.5) is 0 Å². The predicted molar refractivity (Wildman–Crippen MR) is 99.9 cm³/mol. The third-order valence-electron chi connectivity index (χ3n) is 5.07. The van der Waals surface area contributed by atoms with Crippen LogP contribution in [0.25, 0.3) is 0 Å². The fourth-order valence-electron chi connectivity index (χ4n) is 3.46. The molecule has 0 aromatic rings. The molecule has 0 aromatic carbocycles. The van der Waals surface area contributed by atoms with Crippen LogP contribution in [-0.2, 0) is 14.4 Å². The lowest BCUT2D eigenvalue weighted by Crippen LogP contribution is -2.31. The minimum Gasteiger partial charge on any atom is -0.481 e. The van der Waals surface area contributed by atoms with Gasteiger partial charge >= 0.3 is 11.9 Å². The maximum absolute atomic E-state index is 11.8. The summed E-state index contributed by atoms with van der Waals surface area (Å²) < 4.78 is 0. The zero-order chi connectivity index (χ0) is 19.5. The number of carbonyl (C=O) groups excluding carboxylic acids is 1. The molecule has 1 saturated heterocycles. The summed E-state index contributed by atoms with van der Waals surface area (Å²) in [4.78, 5) is 35.1. The van der Waals surface area contributed by atoms with Crippen molar-refractivity contribution in [2.24, 2.45) is 5.92 Å². The van der Waals surface area contributed by atoms with Gasteiger partial charge in [-0.1, -0.05) is 71.6 Å². The number of carboxylic acid groups (broad SMARTS) is 2. The summed E-state index contributed by atoms with van der Waals surface area (Å²) in [5.41, 5.74) is 0. The number of hydrogen-bond donors (Lipinski definition) is 2. The summed E-state index contributed by atoms with van der Waals surface area (Å²) in [6.45, 7) is 4.52. The standard InChI is InChI=1S/C20H35NO5/c1-15(2)11-9-7-5-3-4-6-8-10-12-16-19(24)21(16)17(20(25)26)13-14-18(22)23/h15-17H,3-14H2,1-2H3,(H,22,23)(H,25,26). The van der Waals surface area contributed by atoms with E-state index in [0.29, 0.717) is 6.42 Å². The molecule has 1 rings (SSSR count). The number of rotatable bonds is 16. The normalized spacial score (nSPS) is 17.6. The molecule has 0 aliphatic carbocycles. The van der Waals surface area contributed by atoms with Gasteiger partial charge in [-0.3, -0.25) is 9.59 Å². The summed E-state index contributed by atoms with van der Waals surface area (Å²) >= 11 is 0. The molecule has 1 amide bonds. The largest absolute Gasteiger partial charge is 0.481 e. The fourth-order valence-corrected chi connectivity index (χ4v) is 3.46. The van der Waals surface area contributed by atoms with Crippen molar-refractivity contribution in [3.8, 4) is 0 Å². The van der Waals surface area contributed by atoms with Crippen molar-refractivity contribution < 1.29 is 24.6 Å².